The Morgan fingerprint density at radius 2 is 2.07 bits per heavy atom. The highest BCUT2D eigenvalue weighted by molar-refractivity contribution is 6.36. The first-order chi connectivity index (χ1) is 21.9. The quantitative estimate of drug-likeness (QED) is 0.263. The second kappa shape index (κ2) is 11.8. The van der Waals surface area contributed by atoms with Crippen LogP contribution in [0, 0.1) is 11.3 Å². The Morgan fingerprint density at radius 3 is 2.91 bits per heavy atom. The van der Waals surface area contributed by atoms with Crippen molar-refractivity contribution in [2.75, 3.05) is 44.2 Å². The van der Waals surface area contributed by atoms with Gasteiger partial charge in [-0.3, -0.25) is 14.7 Å². The minimum atomic E-state index is -0.876. The van der Waals surface area contributed by atoms with Crippen molar-refractivity contribution < 1.29 is 13.9 Å². The highest BCUT2D eigenvalue weighted by atomic mass is 35.5. The van der Waals surface area contributed by atoms with E-state index in [4.69, 9.17) is 31.3 Å². The van der Waals surface area contributed by atoms with Crippen molar-refractivity contribution in [1.82, 2.24) is 29.7 Å². The fraction of sp³-hybridized carbons (Fsp3) is 0.394. The third-order valence-electron chi connectivity index (χ3n) is 9.33. The number of piperazine rings is 1. The second-order valence-corrected chi connectivity index (χ2v) is 12.4. The van der Waals surface area contributed by atoms with Crippen molar-refractivity contribution in [2.45, 2.75) is 43.4 Å². The first-order valence-electron chi connectivity index (χ1n) is 15.2. The van der Waals surface area contributed by atoms with Gasteiger partial charge in [-0.1, -0.05) is 30.3 Å². The Bertz CT molecular complexity index is 1840. The molecule has 230 valence electrons. The van der Waals surface area contributed by atoms with Gasteiger partial charge >= 0.3 is 6.01 Å². The molecule has 0 saturated carbocycles. The second-order valence-electron chi connectivity index (χ2n) is 12.0. The molecule has 0 bridgehead atoms. The molecule has 4 aromatic rings. The van der Waals surface area contributed by atoms with Crippen molar-refractivity contribution in [1.29, 1.82) is 5.26 Å². The van der Waals surface area contributed by atoms with E-state index in [-0.39, 0.29) is 36.5 Å². The van der Waals surface area contributed by atoms with E-state index < -0.39 is 6.17 Å². The molecular formula is C33H32ClFN8O2. The smallest absolute Gasteiger partial charge is 0.320 e. The maximum atomic E-state index is 14.5. The highest BCUT2D eigenvalue weighted by Crippen LogP contribution is 2.41. The molecule has 0 radical (unpaired) electrons. The number of alkyl halides is 1. The van der Waals surface area contributed by atoms with E-state index in [2.05, 4.69) is 27.4 Å². The molecule has 1 amide bonds. The lowest BCUT2D eigenvalue weighted by Gasteiger charge is -2.41. The Balaban J connectivity index is 1.30. The molecule has 6 heterocycles. The number of rotatable bonds is 7. The van der Waals surface area contributed by atoms with Gasteiger partial charge in [0.2, 0.25) is 5.91 Å². The lowest BCUT2D eigenvalue weighted by atomic mass is 9.95. The molecule has 3 saturated heterocycles. The number of nitrogens with zero attached hydrogens (tertiary/aromatic N) is 8. The molecule has 3 aliphatic heterocycles. The van der Waals surface area contributed by atoms with Gasteiger partial charge in [0.05, 0.1) is 35.2 Å². The number of hydrogen-bond acceptors (Lipinski definition) is 9. The summed E-state index contributed by atoms with van der Waals surface area (Å²) in [6, 6.07) is 11.5. The minimum absolute atomic E-state index is 0.154. The topological polar surface area (TPSA) is 111 Å². The number of amides is 1. The van der Waals surface area contributed by atoms with E-state index in [1.54, 1.807) is 17.3 Å². The van der Waals surface area contributed by atoms with Crippen LogP contribution in [-0.2, 0) is 4.79 Å². The molecule has 1 aromatic carbocycles. The predicted octanol–water partition coefficient (Wildman–Crippen LogP) is 4.97. The SMILES string of the molecule is C=CC(=O)N1CCN(c2nc(OC[C@@]34CCCN3C[C@H](F)C4)nc3nc(-c4cncc5cccc(Cl)c45)ccc23)C[C@@H]1CC#N. The molecule has 3 fully saturated rings. The van der Waals surface area contributed by atoms with Gasteiger partial charge in [0.15, 0.2) is 5.65 Å². The number of ether oxygens (including phenoxy) is 1. The van der Waals surface area contributed by atoms with Gasteiger partial charge in [0.1, 0.15) is 18.6 Å². The number of nitriles is 1. The number of hydrogen-bond donors (Lipinski definition) is 0. The van der Waals surface area contributed by atoms with Crippen LogP contribution in [0.1, 0.15) is 25.7 Å². The lowest BCUT2D eigenvalue weighted by Crippen LogP contribution is -2.55. The zero-order valence-corrected chi connectivity index (χ0v) is 25.5. The maximum absolute atomic E-state index is 14.5. The first kappa shape index (κ1) is 29.3. The third-order valence-corrected chi connectivity index (χ3v) is 9.64. The van der Waals surface area contributed by atoms with E-state index in [1.807, 2.05) is 30.3 Å². The summed E-state index contributed by atoms with van der Waals surface area (Å²) in [5, 5.41) is 12.6. The standard InChI is InChI=1S/C33H32ClFN8O2/c1-2-28(44)43-14-13-41(19-23(43)9-11-36)31-24-7-8-27(25-17-37-16-21-5-3-6-26(34)29(21)25)38-30(24)39-32(40-31)45-20-33-10-4-12-42(33)18-22(35)15-33/h2-3,5-8,16-17,22-23H,1,4,9-10,12-15,18-20H2/t22-,23+,33+/m1/s1. The Hall–Kier alpha value is -4.40. The number of pyridine rings is 2. The van der Waals surface area contributed by atoms with E-state index in [0.717, 1.165) is 35.7 Å². The van der Waals surface area contributed by atoms with Gasteiger partial charge in [0, 0.05) is 66.4 Å². The van der Waals surface area contributed by atoms with Crippen LogP contribution in [-0.4, -0.2) is 92.7 Å². The van der Waals surface area contributed by atoms with Gasteiger partial charge in [0.25, 0.3) is 0 Å². The van der Waals surface area contributed by atoms with Gasteiger partial charge < -0.3 is 14.5 Å². The summed E-state index contributed by atoms with van der Waals surface area (Å²) in [7, 11) is 0. The largest absolute Gasteiger partial charge is 0.461 e. The fourth-order valence-electron chi connectivity index (χ4n) is 7.20. The zero-order chi connectivity index (χ0) is 31.1. The van der Waals surface area contributed by atoms with Crippen LogP contribution < -0.4 is 9.64 Å². The fourth-order valence-corrected chi connectivity index (χ4v) is 7.48. The van der Waals surface area contributed by atoms with Gasteiger partial charge in [-0.25, -0.2) is 9.37 Å². The van der Waals surface area contributed by atoms with Crippen molar-refractivity contribution in [3.05, 3.63) is 60.4 Å². The molecule has 3 aliphatic rings. The number of carbonyl (C=O) groups is 1. The Labute approximate surface area is 265 Å². The van der Waals surface area contributed by atoms with Crippen LogP contribution in [0.15, 0.2) is 55.4 Å². The van der Waals surface area contributed by atoms with Crippen LogP contribution in [0.4, 0.5) is 10.2 Å². The van der Waals surface area contributed by atoms with Crippen molar-refractivity contribution in [3.8, 4) is 23.3 Å². The van der Waals surface area contributed by atoms with Gasteiger partial charge in [-0.05, 0) is 43.7 Å². The van der Waals surface area contributed by atoms with Gasteiger partial charge in [-0.15, -0.1) is 0 Å². The molecule has 3 atom stereocenters. The summed E-state index contributed by atoms with van der Waals surface area (Å²) in [6.07, 6.45) is 6.37. The third kappa shape index (κ3) is 5.32. The molecule has 0 spiro atoms. The number of fused-ring (bicyclic) bond motifs is 3. The molecular weight excluding hydrogens is 595 g/mol. The highest BCUT2D eigenvalue weighted by Gasteiger charge is 2.49. The van der Waals surface area contributed by atoms with Crippen LogP contribution in [0.3, 0.4) is 0 Å². The number of benzene rings is 1. The summed E-state index contributed by atoms with van der Waals surface area (Å²) >= 11 is 6.63. The van der Waals surface area contributed by atoms with Crippen molar-refractivity contribution >= 4 is 45.1 Å². The maximum Gasteiger partial charge on any atom is 0.320 e. The normalized spacial score (nSPS) is 23.3. The molecule has 12 heteroatoms. The predicted molar refractivity (Wildman–Crippen MR) is 170 cm³/mol. The average Bonchev–Trinajstić information content (AvgIpc) is 3.58. The Morgan fingerprint density at radius 1 is 1.18 bits per heavy atom. The van der Waals surface area contributed by atoms with Crippen molar-refractivity contribution in [2.24, 2.45) is 0 Å². The van der Waals surface area contributed by atoms with Gasteiger partial charge in [-0.2, -0.15) is 15.2 Å². The Kier molecular flexibility index (Phi) is 7.71. The monoisotopic (exact) mass is 626 g/mol. The van der Waals surface area contributed by atoms with Crippen molar-refractivity contribution in [3.63, 3.8) is 0 Å². The number of halogens is 2. The molecule has 3 aromatic heterocycles. The lowest BCUT2D eigenvalue weighted by molar-refractivity contribution is -0.128. The van der Waals surface area contributed by atoms with E-state index in [0.29, 0.717) is 60.2 Å². The summed E-state index contributed by atoms with van der Waals surface area (Å²) in [6.45, 7) is 6.46. The summed E-state index contributed by atoms with van der Waals surface area (Å²) in [5.74, 6) is 0.399. The number of carbonyl (C=O) groups excluding carboxylic acids is 1. The first-order valence-corrected chi connectivity index (χ1v) is 15.6. The average molecular weight is 627 g/mol. The number of aromatic nitrogens is 4. The molecule has 45 heavy (non-hydrogen) atoms. The van der Waals surface area contributed by atoms with Crippen LogP contribution in [0.5, 0.6) is 6.01 Å². The van der Waals surface area contributed by atoms with Crippen LogP contribution >= 0.6 is 11.6 Å². The molecule has 0 N–H and O–H groups in total. The van der Waals surface area contributed by atoms with E-state index in [9.17, 15) is 14.4 Å². The van der Waals surface area contributed by atoms with E-state index in [1.165, 1.54) is 6.08 Å². The van der Waals surface area contributed by atoms with Crippen LogP contribution in [0.2, 0.25) is 5.02 Å². The van der Waals surface area contributed by atoms with Crippen LogP contribution in [0.25, 0.3) is 33.1 Å². The summed E-state index contributed by atoms with van der Waals surface area (Å²) in [4.78, 5) is 37.5. The summed E-state index contributed by atoms with van der Waals surface area (Å²) < 4.78 is 20.8. The molecule has 0 aliphatic carbocycles. The molecule has 10 nitrogen and oxygen atoms in total. The zero-order valence-electron chi connectivity index (χ0n) is 24.7. The van der Waals surface area contributed by atoms with E-state index >= 15 is 0 Å². The minimum Gasteiger partial charge on any atom is -0.461 e. The molecule has 0 unspecified atom stereocenters. The molecule has 7 rings (SSSR count). The summed E-state index contributed by atoms with van der Waals surface area (Å²) in [5.41, 5.74) is 1.47. The number of anilines is 1.